The van der Waals surface area contributed by atoms with Gasteiger partial charge in [-0.3, -0.25) is 4.79 Å². The monoisotopic (exact) mass is 547 g/mol. The van der Waals surface area contributed by atoms with Crippen molar-refractivity contribution < 1.29 is 13.9 Å². The molecule has 6 nitrogen and oxygen atoms in total. The van der Waals surface area contributed by atoms with E-state index in [9.17, 15) is 4.79 Å². The summed E-state index contributed by atoms with van der Waals surface area (Å²) in [6, 6.07) is 12.2. The fourth-order valence-corrected chi connectivity index (χ4v) is 5.04. The van der Waals surface area contributed by atoms with Crippen molar-refractivity contribution in [3.63, 3.8) is 0 Å². The zero-order valence-corrected chi connectivity index (χ0v) is 23.9. The number of halogens is 1. The lowest BCUT2D eigenvalue weighted by atomic mass is 9.97. The fraction of sp³-hybridized carbons (Fsp3) is 0.407. The highest BCUT2D eigenvalue weighted by Gasteiger charge is 2.26. The summed E-state index contributed by atoms with van der Waals surface area (Å²) < 4.78 is 10.9. The first kappa shape index (κ1) is 28.4. The molecule has 0 bridgehead atoms. The Morgan fingerprint density at radius 2 is 1.86 bits per heavy atom. The second-order valence-corrected chi connectivity index (χ2v) is 12.8. The number of ether oxygens (including phenoxy) is 1. The molecule has 0 amide bonds. The highest BCUT2D eigenvalue weighted by Crippen LogP contribution is 2.40. The first-order chi connectivity index (χ1) is 17.1. The molecule has 2 aromatic heterocycles. The molecule has 1 aromatic carbocycles. The topological polar surface area (TPSA) is 68.5 Å². The van der Waals surface area contributed by atoms with E-state index < -0.39 is 0 Å². The van der Waals surface area contributed by atoms with E-state index in [-0.39, 0.29) is 16.1 Å². The van der Waals surface area contributed by atoms with Crippen molar-refractivity contribution in [1.82, 2.24) is 14.9 Å². The second kappa shape index (κ2) is 12.9. The lowest BCUT2D eigenvalue weighted by Crippen LogP contribution is -2.29. The molecule has 0 N–H and O–H groups in total. The summed E-state index contributed by atoms with van der Waals surface area (Å²) in [7, 11) is 2.15. The van der Waals surface area contributed by atoms with Gasteiger partial charge in [-0.2, -0.15) is 10.5 Å². The van der Waals surface area contributed by atoms with Gasteiger partial charge < -0.3 is 14.1 Å². The normalized spacial score (nSPS) is 15.6. The summed E-state index contributed by atoms with van der Waals surface area (Å²) in [6.07, 6.45) is 5.91. The van der Waals surface area contributed by atoms with Crippen LogP contribution in [0.15, 0.2) is 62.0 Å². The van der Waals surface area contributed by atoms with Crippen LogP contribution in [0.2, 0.25) is 5.02 Å². The van der Waals surface area contributed by atoms with E-state index in [2.05, 4.69) is 58.1 Å². The Balaban J connectivity index is 0.000000454. The molecule has 1 aliphatic heterocycles. The molecular formula is C27H34ClN3O3S2. The van der Waals surface area contributed by atoms with Crippen LogP contribution in [0, 0.1) is 0 Å². The number of hydrogen-bond donors (Lipinski definition) is 0. The van der Waals surface area contributed by atoms with E-state index in [1.165, 1.54) is 16.7 Å². The van der Waals surface area contributed by atoms with Crippen molar-refractivity contribution in [2.24, 2.45) is 0 Å². The van der Waals surface area contributed by atoms with Crippen LogP contribution >= 0.6 is 33.8 Å². The van der Waals surface area contributed by atoms with E-state index in [4.69, 9.17) is 21.0 Å². The Labute approximate surface area is 225 Å². The van der Waals surface area contributed by atoms with Gasteiger partial charge in [0.15, 0.2) is 11.0 Å². The Hall–Kier alpha value is -2.13. The molecule has 3 aromatic rings. The molecule has 3 heterocycles. The molecule has 36 heavy (non-hydrogen) atoms. The minimum absolute atomic E-state index is 0.0110. The second-order valence-electron chi connectivity index (χ2n) is 9.67. The first-order valence-corrected chi connectivity index (χ1v) is 14.7. The number of aromatic nitrogens is 2. The molecule has 194 valence electrons. The number of carbonyl (C=O) groups excluding carboxylic acids is 1. The number of rotatable bonds is 6. The number of nitrogens with zero attached hydrogens (tertiary/aromatic N) is 3. The van der Waals surface area contributed by atoms with Gasteiger partial charge in [-0.25, -0.2) is 9.97 Å². The van der Waals surface area contributed by atoms with E-state index >= 15 is 0 Å². The van der Waals surface area contributed by atoms with Crippen molar-refractivity contribution in [3.8, 4) is 11.3 Å². The summed E-state index contributed by atoms with van der Waals surface area (Å²) in [5.41, 5.74) is 1.62. The van der Waals surface area contributed by atoms with Crippen molar-refractivity contribution in [1.29, 1.82) is 0 Å². The predicted octanol–water partition coefficient (Wildman–Crippen LogP) is 7.00. The Bertz CT molecular complexity index is 1150. The molecule has 1 aliphatic rings. The minimum atomic E-state index is -0.318. The maximum atomic E-state index is 9.60. The zero-order valence-electron chi connectivity index (χ0n) is 21.5. The Morgan fingerprint density at radius 1 is 1.19 bits per heavy atom. The quantitative estimate of drug-likeness (QED) is 0.243. The smallest absolute Gasteiger partial charge is 0.293 e. The number of oxazole rings is 1. The maximum absolute atomic E-state index is 9.60. The molecule has 1 atom stereocenters. The number of likely N-dealkylation sites (tertiary alicyclic amines) is 1. The van der Waals surface area contributed by atoms with Crippen LogP contribution in [0.5, 0.6) is 0 Å². The fourth-order valence-electron chi connectivity index (χ4n) is 3.51. The van der Waals surface area contributed by atoms with Crippen molar-refractivity contribution in [2.45, 2.75) is 60.1 Å². The summed E-state index contributed by atoms with van der Waals surface area (Å²) in [6.45, 7) is 8.06. The highest BCUT2D eigenvalue weighted by atomic mass is 35.5. The number of piperidine rings is 1. The Kier molecular flexibility index (Phi) is 10.2. The van der Waals surface area contributed by atoms with E-state index in [0.717, 1.165) is 53.2 Å². The van der Waals surface area contributed by atoms with Crippen LogP contribution in [0.25, 0.3) is 11.3 Å². The third-order valence-corrected chi connectivity index (χ3v) is 7.72. The molecule has 1 unspecified atom stereocenters. The highest BCUT2D eigenvalue weighted by molar-refractivity contribution is 8.13. The average Bonchev–Trinajstić information content (AvgIpc) is 3.24. The van der Waals surface area contributed by atoms with Crippen molar-refractivity contribution >= 4 is 46.2 Å². The molecule has 1 fully saturated rings. The number of hydrogen-bond acceptors (Lipinski definition) is 7. The standard InChI is InChI=1S/C22H24ClN3OS2.C5H10O2/c1-26-12-10-16(11-13-26)21-25-20(15-4-7-18(8-5-15)29(2)3)22(27-21)28-19-9-6-17(23)14-24-19;1-5(2,3)7-4-6/h4-9,14,16H,2,10-13H2,1,3H3;4H,1-3H3. The predicted molar refractivity (Wildman–Crippen MR) is 151 cm³/mol. The van der Waals surface area contributed by atoms with Gasteiger partial charge >= 0.3 is 0 Å². The molecular weight excluding hydrogens is 514 g/mol. The van der Waals surface area contributed by atoms with E-state index in [0.29, 0.717) is 17.4 Å². The molecule has 1 saturated heterocycles. The van der Waals surface area contributed by atoms with Crippen molar-refractivity contribution in [2.75, 3.05) is 26.4 Å². The summed E-state index contributed by atoms with van der Waals surface area (Å²) in [4.78, 5) is 22.5. The number of benzene rings is 1. The summed E-state index contributed by atoms with van der Waals surface area (Å²) >= 11 is 7.48. The van der Waals surface area contributed by atoms with Gasteiger partial charge in [0.1, 0.15) is 16.3 Å². The van der Waals surface area contributed by atoms with E-state index in [1.54, 1.807) is 6.20 Å². The van der Waals surface area contributed by atoms with Gasteiger partial charge in [-0.1, -0.05) is 29.6 Å². The van der Waals surface area contributed by atoms with Crippen LogP contribution in [0.4, 0.5) is 0 Å². The van der Waals surface area contributed by atoms with Crippen molar-refractivity contribution in [3.05, 3.63) is 53.5 Å². The van der Waals surface area contributed by atoms with Crippen LogP contribution < -0.4 is 0 Å². The lowest BCUT2D eigenvalue weighted by Gasteiger charge is -2.26. The molecule has 0 saturated carbocycles. The zero-order chi connectivity index (χ0) is 26.3. The summed E-state index contributed by atoms with van der Waals surface area (Å²) in [5, 5.41) is 2.25. The third kappa shape index (κ3) is 8.47. The van der Waals surface area contributed by atoms with Gasteiger partial charge in [0.2, 0.25) is 0 Å². The summed E-state index contributed by atoms with van der Waals surface area (Å²) in [5.74, 6) is 5.32. The average molecular weight is 548 g/mol. The minimum Gasteiger partial charge on any atom is -0.462 e. The molecule has 9 heteroatoms. The molecule has 0 aliphatic carbocycles. The largest absolute Gasteiger partial charge is 0.462 e. The third-order valence-electron chi connectivity index (χ3n) is 5.51. The lowest BCUT2D eigenvalue weighted by molar-refractivity contribution is -0.138. The van der Waals surface area contributed by atoms with Gasteiger partial charge in [0, 0.05) is 22.6 Å². The van der Waals surface area contributed by atoms with Gasteiger partial charge in [-0.05, 0) is 96.0 Å². The van der Waals surface area contributed by atoms with Gasteiger partial charge in [-0.15, -0.1) is 0 Å². The first-order valence-electron chi connectivity index (χ1n) is 11.7. The van der Waals surface area contributed by atoms with E-state index in [1.807, 2.05) is 32.9 Å². The number of carbonyl (C=O) groups is 1. The van der Waals surface area contributed by atoms with Crippen LogP contribution in [-0.4, -0.2) is 59.2 Å². The van der Waals surface area contributed by atoms with Crippen LogP contribution in [0.3, 0.4) is 0 Å². The number of pyridine rings is 1. The molecule has 0 radical (unpaired) electrons. The maximum Gasteiger partial charge on any atom is 0.293 e. The molecule has 0 spiro atoms. The van der Waals surface area contributed by atoms with Gasteiger partial charge in [0.25, 0.3) is 6.47 Å². The van der Waals surface area contributed by atoms with Gasteiger partial charge in [0.05, 0.1) is 5.02 Å². The SMILES string of the molecule is C=S(C)c1ccc(-c2nc(C3CCN(C)CC3)oc2Sc2ccc(Cl)cn2)cc1.CC(C)(C)OC=O. The van der Waals surface area contributed by atoms with Crippen LogP contribution in [0.1, 0.15) is 45.4 Å². The van der Waals surface area contributed by atoms with Crippen LogP contribution in [-0.2, 0) is 9.53 Å². The molecule has 4 rings (SSSR count). The Morgan fingerprint density at radius 3 is 2.36 bits per heavy atom.